The van der Waals surface area contributed by atoms with Crippen molar-refractivity contribution >= 4 is 28.5 Å². The second-order valence-corrected chi connectivity index (χ2v) is 8.48. The highest BCUT2D eigenvalue weighted by Crippen LogP contribution is 2.38. The highest BCUT2D eigenvalue weighted by molar-refractivity contribution is 8.14. The van der Waals surface area contributed by atoms with Crippen LogP contribution in [0.1, 0.15) is 40.8 Å². The first-order chi connectivity index (χ1) is 14.2. The number of nitrogens with two attached hydrogens (primary N) is 2. The van der Waals surface area contributed by atoms with Crippen LogP contribution in [-0.2, 0) is 16.7 Å². The van der Waals surface area contributed by atoms with Crippen molar-refractivity contribution in [3.05, 3.63) is 47.2 Å². The minimum atomic E-state index is -2.85. The molecule has 0 radical (unpaired) electrons. The number of thioether (sulfide) groups is 1. The van der Waals surface area contributed by atoms with Crippen LogP contribution in [0.25, 0.3) is 0 Å². The van der Waals surface area contributed by atoms with Gasteiger partial charge in [0, 0.05) is 24.1 Å². The van der Waals surface area contributed by atoms with E-state index in [2.05, 4.69) is 24.7 Å². The number of halogens is 2. The molecule has 0 saturated heterocycles. The maximum atomic E-state index is 12.6. The molecule has 2 aromatic rings. The van der Waals surface area contributed by atoms with E-state index >= 15 is 0 Å². The van der Waals surface area contributed by atoms with Gasteiger partial charge < -0.3 is 16.2 Å². The third-order valence-corrected chi connectivity index (χ3v) is 5.57. The lowest BCUT2D eigenvalue weighted by molar-refractivity contribution is -0.128. The van der Waals surface area contributed by atoms with Gasteiger partial charge in [0.05, 0.1) is 18.0 Å². The molecule has 0 amide bonds. The molecule has 30 heavy (non-hydrogen) atoms. The Balaban J connectivity index is 1.80. The molecule has 2 atom stereocenters. The summed E-state index contributed by atoms with van der Waals surface area (Å²) in [4.78, 5) is 29.7. The first kappa shape index (κ1) is 22.0. The normalized spacial score (nSPS) is 21.5. The molecule has 11 heteroatoms. The monoisotopic (exact) mass is 436 g/mol. The van der Waals surface area contributed by atoms with Gasteiger partial charge >= 0.3 is 6.61 Å². The van der Waals surface area contributed by atoms with E-state index in [1.54, 1.807) is 25.3 Å². The Hall–Kier alpha value is -2.66. The van der Waals surface area contributed by atoms with Crippen molar-refractivity contribution in [2.24, 2.45) is 10.7 Å². The zero-order chi connectivity index (χ0) is 21.9. The number of hydrogen-bond acceptors (Lipinski definition) is 9. The number of Topliss-reactive ketones (excluding diaryl/α,β-unsaturated/α-hetero) is 1. The van der Waals surface area contributed by atoms with Gasteiger partial charge in [-0.15, -0.1) is 0 Å². The molecule has 0 fully saturated rings. The molecule has 0 unspecified atom stereocenters. The molecule has 3 rings (SSSR count). The maximum Gasteiger partial charge on any atom is 0.345 e. The first-order valence-electron chi connectivity index (χ1n) is 9.16. The number of alkyl halides is 2. The summed E-state index contributed by atoms with van der Waals surface area (Å²) in [5.74, 6) is -0.183. The molecule has 0 saturated carbocycles. The molecule has 160 valence electrons. The van der Waals surface area contributed by atoms with Crippen molar-refractivity contribution in [3.63, 3.8) is 0 Å². The van der Waals surface area contributed by atoms with Crippen molar-refractivity contribution in [2.45, 2.75) is 44.1 Å². The molecule has 0 aliphatic carbocycles. The van der Waals surface area contributed by atoms with Crippen molar-refractivity contribution in [1.82, 2.24) is 15.0 Å². The highest BCUT2D eigenvalue weighted by atomic mass is 32.2. The number of ketones is 1. The number of pyridine rings is 1. The summed E-state index contributed by atoms with van der Waals surface area (Å²) in [6, 6.07) is 3.47. The smallest absolute Gasteiger partial charge is 0.345 e. The number of carbonyl (C=O) groups excluding carboxylic acids is 1. The third kappa shape index (κ3) is 5.28. The van der Waals surface area contributed by atoms with E-state index in [4.69, 9.17) is 11.5 Å². The Kier molecular flexibility index (Phi) is 6.61. The largest absolute Gasteiger partial charge is 0.382 e. The second-order valence-electron chi connectivity index (χ2n) is 7.16. The minimum Gasteiger partial charge on any atom is -0.382 e. The van der Waals surface area contributed by atoms with Crippen LogP contribution in [-0.4, -0.2) is 44.4 Å². The average Bonchev–Trinajstić information content (AvgIpc) is 2.66. The summed E-state index contributed by atoms with van der Waals surface area (Å²) >= 11 is 1.20. The lowest BCUT2D eigenvalue weighted by atomic mass is 9.90. The fourth-order valence-corrected chi connectivity index (χ4v) is 4.41. The van der Waals surface area contributed by atoms with Gasteiger partial charge in [-0.25, -0.2) is 15.0 Å². The Labute approximate surface area is 176 Å². The van der Waals surface area contributed by atoms with E-state index in [-0.39, 0.29) is 40.7 Å². The van der Waals surface area contributed by atoms with E-state index in [0.717, 1.165) is 0 Å². The van der Waals surface area contributed by atoms with Crippen LogP contribution in [0.15, 0.2) is 29.5 Å². The average molecular weight is 436 g/mol. The van der Waals surface area contributed by atoms with E-state index in [1.807, 2.05) is 6.92 Å². The molecule has 1 aliphatic heterocycles. The summed E-state index contributed by atoms with van der Waals surface area (Å²) in [6.07, 6.45) is 3.53. The van der Waals surface area contributed by atoms with Crippen LogP contribution >= 0.6 is 11.8 Å². The summed E-state index contributed by atoms with van der Waals surface area (Å²) in [6.45, 7) is 0.563. The number of nitrogen functional groups attached to an aromatic ring is 1. The number of aromatic nitrogens is 3. The molecule has 0 bridgehead atoms. The second kappa shape index (κ2) is 9.00. The number of ether oxygens (including phenoxy) is 1. The first-order valence-corrected chi connectivity index (χ1v) is 10.0. The standard InChI is InChI=1S/C19H22F2N6O2S/c1-10-8-25-15(16(22)26-10)13(28)5-11-3-4-24-14(6-11)19(2)7-12(9-29-17(20)21)30-18(23)27-19/h3-4,6,8,12,17H,5,7,9H2,1-2H3,(H2,22,26)(H2,23,27)/t12-,19-/m0/s1. The Morgan fingerprint density at radius 2 is 2.17 bits per heavy atom. The van der Waals surface area contributed by atoms with E-state index in [0.29, 0.717) is 23.4 Å². The fourth-order valence-electron chi connectivity index (χ4n) is 3.26. The van der Waals surface area contributed by atoms with Gasteiger partial charge in [0.25, 0.3) is 0 Å². The van der Waals surface area contributed by atoms with Gasteiger partial charge in [-0.3, -0.25) is 9.78 Å². The summed E-state index contributed by atoms with van der Waals surface area (Å²) in [5.41, 5.74) is 12.9. The zero-order valence-electron chi connectivity index (χ0n) is 16.5. The molecule has 8 nitrogen and oxygen atoms in total. The van der Waals surface area contributed by atoms with Crippen LogP contribution in [0, 0.1) is 6.92 Å². The number of nitrogens with zero attached hydrogens (tertiary/aromatic N) is 4. The number of aliphatic imine (C=N–C) groups is 1. The number of rotatable bonds is 7. The van der Waals surface area contributed by atoms with E-state index in [1.165, 1.54) is 18.0 Å². The lowest BCUT2D eigenvalue weighted by Gasteiger charge is -2.33. The third-order valence-electron chi connectivity index (χ3n) is 4.60. The minimum absolute atomic E-state index is 0.0550. The number of hydrogen-bond donors (Lipinski definition) is 2. The Bertz CT molecular complexity index is 974. The van der Waals surface area contributed by atoms with Crippen LogP contribution in [0.5, 0.6) is 0 Å². The van der Waals surface area contributed by atoms with Crippen LogP contribution < -0.4 is 11.5 Å². The van der Waals surface area contributed by atoms with Crippen molar-refractivity contribution in [2.75, 3.05) is 12.3 Å². The molecule has 3 heterocycles. The lowest BCUT2D eigenvalue weighted by Crippen LogP contribution is -2.36. The topological polar surface area (TPSA) is 129 Å². The SMILES string of the molecule is Cc1cnc(C(=O)Cc2ccnc([C@]3(C)C[C@@H](COC(F)F)SC(N)=N3)c2)c(N)n1. The molecule has 2 aromatic heterocycles. The maximum absolute atomic E-state index is 12.6. The summed E-state index contributed by atoms with van der Waals surface area (Å²) < 4.78 is 29.3. The van der Waals surface area contributed by atoms with Crippen LogP contribution in [0.3, 0.4) is 0 Å². The van der Waals surface area contributed by atoms with Crippen molar-refractivity contribution in [1.29, 1.82) is 0 Å². The molecule has 0 spiro atoms. The fraction of sp³-hybridized carbons (Fsp3) is 0.421. The van der Waals surface area contributed by atoms with Crippen molar-refractivity contribution < 1.29 is 18.3 Å². The number of carbonyl (C=O) groups is 1. The Morgan fingerprint density at radius 3 is 2.87 bits per heavy atom. The number of anilines is 1. The van der Waals surface area contributed by atoms with Gasteiger partial charge in [-0.05, 0) is 38.0 Å². The summed E-state index contributed by atoms with van der Waals surface area (Å²) in [5, 5.41) is -0.0196. The molecule has 0 aromatic carbocycles. The Morgan fingerprint density at radius 1 is 1.40 bits per heavy atom. The quantitative estimate of drug-likeness (QED) is 0.633. The molecular weight excluding hydrogens is 414 g/mol. The molecule has 1 aliphatic rings. The highest BCUT2D eigenvalue weighted by Gasteiger charge is 2.36. The number of aryl methyl sites for hydroxylation is 1. The predicted molar refractivity (Wildman–Crippen MR) is 110 cm³/mol. The van der Waals surface area contributed by atoms with Gasteiger partial charge in [0.15, 0.2) is 16.8 Å². The van der Waals surface area contributed by atoms with Gasteiger partial charge in [-0.1, -0.05) is 11.8 Å². The van der Waals surface area contributed by atoms with E-state index < -0.39 is 12.2 Å². The number of amidine groups is 1. The van der Waals surface area contributed by atoms with Gasteiger partial charge in [0.2, 0.25) is 0 Å². The predicted octanol–water partition coefficient (Wildman–Crippen LogP) is 2.46. The molecule has 4 N–H and O–H groups in total. The molecular formula is C19H22F2N6O2S. The van der Waals surface area contributed by atoms with Crippen LogP contribution in [0.2, 0.25) is 0 Å². The van der Waals surface area contributed by atoms with E-state index in [9.17, 15) is 13.6 Å². The van der Waals surface area contributed by atoms with Crippen LogP contribution in [0.4, 0.5) is 14.6 Å². The van der Waals surface area contributed by atoms with Gasteiger partial charge in [-0.2, -0.15) is 8.78 Å². The zero-order valence-corrected chi connectivity index (χ0v) is 17.3. The van der Waals surface area contributed by atoms with Crippen molar-refractivity contribution in [3.8, 4) is 0 Å². The summed E-state index contributed by atoms with van der Waals surface area (Å²) in [7, 11) is 0. The van der Waals surface area contributed by atoms with Gasteiger partial charge in [0.1, 0.15) is 11.2 Å².